The summed E-state index contributed by atoms with van der Waals surface area (Å²) < 4.78 is 18.5. The number of carbonyl (C=O) groups is 1. The van der Waals surface area contributed by atoms with Crippen LogP contribution in [0.5, 0.6) is 5.75 Å². The van der Waals surface area contributed by atoms with Crippen LogP contribution >= 0.6 is 0 Å². The molecule has 1 unspecified atom stereocenters. The molecule has 0 saturated heterocycles. The van der Waals surface area contributed by atoms with Crippen molar-refractivity contribution >= 4 is 5.91 Å². The number of nitrogens with two attached hydrogens (primary N) is 1. The minimum Gasteiger partial charge on any atom is -0.478 e. The first-order valence-corrected chi connectivity index (χ1v) is 4.85. The SMILES string of the molecule is CC(Oc1ccc([C@H](C)O)cc1F)C(N)=O. The Labute approximate surface area is 92.8 Å². The largest absolute Gasteiger partial charge is 0.478 e. The van der Waals surface area contributed by atoms with Gasteiger partial charge < -0.3 is 15.6 Å². The third-order valence-corrected chi connectivity index (χ3v) is 2.14. The van der Waals surface area contributed by atoms with Crippen molar-refractivity contribution in [1.82, 2.24) is 0 Å². The van der Waals surface area contributed by atoms with E-state index in [0.717, 1.165) is 6.07 Å². The van der Waals surface area contributed by atoms with E-state index in [9.17, 15) is 14.3 Å². The van der Waals surface area contributed by atoms with E-state index in [2.05, 4.69) is 0 Å². The van der Waals surface area contributed by atoms with E-state index in [-0.39, 0.29) is 5.75 Å². The molecule has 0 aliphatic rings. The molecule has 2 atom stereocenters. The zero-order chi connectivity index (χ0) is 12.3. The van der Waals surface area contributed by atoms with Crippen LogP contribution < -0.4 is 10.5 Å². The van der Waals surface area contributed by atoms with Gasteiger partial charge in [-0.2, -0.15) is 0 Å². The van der Waals surface area contributed by atoms with Crippen molar-refractivity contribution in [3.63, 3.8) is 0 Å². The smallest absolute Gasteiger partial charge is 0.258 e. The summed E-state index contributed by atoms with van der Waals surface area (Å²) in [7, 11) is 0. The molecule has 3 N–H and O–H groups in total. The quantitative estimate of drug-likeness (QED) is 0.809. The molecule has 0 aliphatic carbocycles. The van der Waals surface area contributed by atoms with E-state index in [0.29, 0.717) is 5.56 Å². The molecule has 0 saturated carbocycles. The lowest BCUT2D eigenvalue weighted by atomic mass is 10.1. The van der Waals surface area contributed by atoms with Crippen LogP contribution in [-0.2, 0) is 4.79 Å². The van der Waals surface area contributed by atoms with E-state index in [1.807, 2.05) is 0 Å². The summed E-state index contributed by atoms with van der Waals surface area (Å²) >= 11 is 0. The Balaban J connectivity index is 2.87. The second-order valence-electron chi connectivity index (χ2n) is 3.53. The first-order valence-electron chi connectivity index (χ1n) is 4.85. The number of carbonyl (C=O) groups excluding carboxylic acids is 1. The van der Waals surface area contributed by atoms with Gasteiger partial charge in [0.15, 0.2) is 17.7 Å². The van der Waals surface area contributed by atoms with Crippen molar-refractivity contribution in [3.8, 4) is 5.75 Å². The summed E-state index contributed by atoms with van der Waals surface area (Å²) in [6.07, 6.45) is -1.65. The van der Waals surface area contributed by atoms with Gasteiger partial charge >= 0.3 is 0 Å². The maximum Gasteiger partial charge on any atom is 0.258 e. The highest BCUT2D eigenvalue weighted by molar-refractivity contribution is 5.78. The normalized spacial score (nSPS) is 14.2. The molecule has 1 aromatic carbocycles. The third-order valence-electron chi connectivity index (χ3n) is 2.14. The first-order chi connectivity index (χ1) is 7.41. The van der Waals surface area contributed by atoms with Crippen LogP contribution in [0.15, 0.2) is 18.2 Å². The predicted octanol–water partition coefficient (Wildman–Crippen LogP) is 1.13. The van der Waals surface area contributed by atoms with Crippen LogP contribution in [0.3, 0.4) is 0 Å². The van der Waals surface area contributed by atoms with Gasteiger partial charge in [-0.1, -0.05) is 6.07 Å². The number of amides is 1. The molecule has 0 spiro atoms. The molecule has 0 fully saturated rings. The van der Waals surface area contributed by atoms with E-state index in [1.165, 1.54) is 26.0 Å². The van der Waals surface area contributed by atoms with Gasteiger partial charge in [0.05, 0.1) is 6.10 Å². The number of aliphatic hydroxyl groups excluding tert-OH is 1. The number of hydrogen-bond acceptors (Lipinski definition) is 3. The third kappa shape index (κ3) is 2.93. The summed E-state index contributed by atoms with van der Waals surface area (Å²) in [6, 6.07) is 4.04. The van der Waals surface area contributed by atoms with E-state index < -0.39 is 23.9 Å². The Bertz CT molecular complexity index is 393. The molecular formula is C11H14FNO3. The molecule has 0 aromatic heterocycles. The van der Waals surface area contributed by atoms with Gasteiger partial charge in [0.1, 0.15) is 0 Å². The van der Waals surface area contributed by atoms with Crippen LogP contribution in [0.2, 0.25) is 0 Å². The van der Waals surface area contributed by atoms with Gasteiger partial charge in [0.25, 0.3) is 5.91 Å². The molecule has 0 radical (unpaired) electrons. The molecule has 16 heavy (non-hydrogen) atoms. The van der Waals surface area contributed by atoms with Crippen LogP contribution in [0, 0.1) is 5.82 Å². The highest BCUT2D eigenvalue weighted by Crippen LogP contribution is 2.22. The van der Waals surface area contributed by atoms with Gasteiger partial charge in [-0.3, -0.25) is 4.79 Å². The molecule has 1 amide bonds. The summed E-state index contributed by atoms with van der Waals surface area (Å²) in [5.41, 5.74) is 5.43. The Morgan fingerprint density at radius 2 is 2.12 bits per heavy atom. The maximum absolute atomic E-state index is 13.4. The molecule has 0 aliphatic heterocycles. The molecule has 88 valence electrons. The number of rotatable bonds is 4. The first kappa shape index (κ1) is 12.4. The number of benzene rings is 1. The zero-order valence-electron chi connectivity index (χ0n) is 9.11. The van der Waals surface area contributed by atoms with Gasteiger partial charge in [0.2, 0.25) is 0 Å². The Morgan fingerprint density at radius 3 is 2.56 bits per heavy atom. The molecular weight excluding hydrogens is 213 g/mol. The fourth-order valence-electron chi connectivity index (χ4n) is 1.12. The Kier molecular flexibility index (Phi) is 3.84. The second kappa shape index (κ2) is 4.94. The Hall–Kier alpha value is -1.62. The molecule has 0 heterocycles. The van der Waals surface area contributed by atoms with E-state index in [1.54, 1.807) is 0 Å². The fourth-order valence-corrected chi connectivity index (χ4v) is 1.12. The number of halogens is 1. The highest BCUT2D eigenvalue weighted by Gasteiger charge is 2.14. The lowest BCUT2D eigenvalue weighted by Gasteiger charge is -2.13. The summed E-state index contributed by atoms with van der Waals surface area (Å²) in [5, 5.41) is 9.23. The molecule has 1 rings (SSSR count). The van der Waals surface area contributed by atoms with Crippen LogP contribution in [-0.4, -0.2) is 17.1 Å². The summed E-state index contributed by atoms with van der Waals surface area (Å²) in [5.74, 6) is -1.36. The number of hydrogen-bond donors (Lipinski definition) is 2. The van der Waals surface area contributed by atoms with Gasteiger partial charge in [-0.25, -0.2) is 4.39 Å². The van der Waals surface area contributed by atoms with Crippen molar-refractivity contribution < 1.29 is 19.0 Å². The van der Waals surface area contributed by atoms with Crippen LogP contribution in [0.25, 0.3) is 0 Å². The average Bonchev–Trinajstić information content (AvgIpc) is 2.20. The summed E-state index contributed by atoms with van der Waals surface area (Å²) in [4.78, 5) is 10.7. The standard InChI is InChI=1S/C11H14FNO3/c1-6(14)8-3-4-10(9(12)5-8)16-7(2)11(13)15/h3-7,14H,1-2H3,(H2,13,15)/t6-,7?/m0/s1. The topological polar surface area (TPSA) is 72.6 Å². The molecule has 4 nitrogen and oxygen atoms in total. The fraction of sp³-hybridized carbons (Fsp3) is 0.364. The number of aliphatic hydroxyl groups is 1. The maximum atomic E-state index is 13.4. The minimum absolute atomic E-state index is 0.0595. The monoisotopic (exact) mass is 227 g/mol. The van der Waals surface area contributed by atoms with E-state index in [4.69, 9.17) is 10.5 Å². The average molecular weight is 227 g/mol. The van der Waals surface area contributed by atoms with Gasteiger partial charge in [-0.05, 0) is 31.5 Å². The van der Waals surface area contributed by atoms with Crippen molar-refractivity contribution in [2.45, 2.75) is 26.1 Å². The number of primary amides is 1. The summed E-state index contributed by atoms with van der Waals surface area (Å²) in [6.45, 7) is 2.96. The van der Waals surface area contributed by atoms with Crippen molar-refractivity contribution in [2.75, 3.05) is 0 Å². The molecule has 5 heteroatoms. The lowest BCUT2D eigenvalue weighted by Crippen LogP contribution is -2.30. The van der Waals surface area contributed by atoms with Gasteiger partial charge in [-0.15, -0.1) is 0 Å². The Morgan fingerprint density at radius 1 is 1.50 bits per heavy atom. The van der Waals surface area contributed by atoms with Crippen molar-refractivity contribution in [2.24, 2.45) is 5.73 Å². The second-order valence-corrected chi connectivity index (χ2v) is 3.53. The molecule has 1 aromatic rings. The zero-order valence-corrected chi connectivity index (χ0v) is 9.11. The molecule has 0 bridgehead atoms. The van der Waals surface area contributed by atoms with Crippen molar-refractivity contribution in [3.05, 3.63) is 29.6 Å². The predicted molar refractivity (Wildman–Crippen MR) is 56.3 cm³/mol. The van der Waals surface area contributed by atoms with Crippen LogP contribution in [0.1, 0.15) is 25.5 Å². The van der Waals surface area contributed by atoms with Crippen LogP contribution in [0.4, 0.5) is 4.39 Å². The van der Waals surface area contributed by atoms with Gasteiger partial charge in [0, 0.05) is 0 Å². The van der Waals surface area contributed by atoms with E-state index >= 15 is 0 Å². The lowest BCUT2D eigenvalue weighted by molar-refractivity contribution is -0.124. The minimum atomic E-state index is -0.896. The van der Waals surface area contributed by atoms with Crippen molar-refractivity contribution in [1.29, 1.82) is 0 Å². The highest BCUT2D eigenvalue weighted by atomic mass is 19.1. The number of ether oxygens (including phenoxy) is 1.